The molecule has 2 aromatic carbocycles. The Morgan fingerprint density at radius 1 is 1.06 bits per heavy atom. The van der Waals surface area contributed by atoms with E-state index in [0.717, 1.165) is 54.7 Å². The highest BCUT2D eigenvalue weighted by atomic mass is 35.5. The van der Waals surface area contributed by atoms with Crippen molar-refractivity contribution in [2.45, 2.75) is 31.8 Å². The van der Waals surface area contributed by atoms with Gasteiger partial charge in [-0.15, -0.1) is 11.3 Å². The predicted octanol–water partition coefficient (Wildman–Crippen LogP) is 6.50. The predicted molar refractivity (Wildman–Crippen MR) is 144 cm³/mol. The summed E-state index contributed by atoms with van der Waals surface area (Å²) in [6, 6.07) is 15.8. The molecule has 1 aliphatic rings. The summed E-state index contributed by atoms with van der Waals surface area (Å²) in [7, 11) is 3.20. The molecule has 1 aliphatic heterocycles. The van der Waals surface area contributed by atoms with E-state index in [0.29, 0.717) is 11.7 Å². The van der Waals surface area contributed by atoms with Crippen molar-refractivity contribution < 1.29 is 19.4 Å². The first-order chi connectivity index (χ1) is 17.4. The maximum Gasteiger partial charge on any atom is 0.339 e. The highest BCUT2D eigenvalue weighted by molar-refractivity contribution is 7.16. The second-order valence-corrected chi connectivity index (χ2v) is 11.0. The lowest BCUT2D eigenvalue weighted by atomic mass is 9.89. The summed E-state index contributed by atoms with van der Waals surface area (Å²) < 4.78 is 13.9. The van der Waals surface area contributed by atoms with Gasteiger partial charge in [-0.3, -0.25) is 4.90 Å². The molecule has 0 atom stereocenters. The molecular weight excluding hydrogens is 496 g/mol. The fraction of sp³-hybridized carbons (Fsp3) is 0.321. The number of carboxylic acid groups (broad SMARTS) is 1. The number of halogens is 1. The van der Waals surface area contributed by atoms with E-state index in [1.807, 2.05) is 18.2 Å². The number of piperidine rings is 1. The van der Waals surface area contributed by atoms with Crippen LogP contribution in [0.3, 0.4) is 0 Å². The summed E-state index contributed by atoms with van der Waals surface area (Å²) in [6.07, 6.45) is 4.40. The number of rotatable bonds is 8. The first-order valence-corrected chi connectivity index (χ1v) is 13.2. The largest absolute Gasteiger partial charge is 0.497 e. The number of aromatic nitrogens is 1. The number of nitrogens with zero attached hydrogens (tertiary/aromatic N) is 2. The topological polar surface area (TPSA) is 63.9 Å². The van der Waals surface area contributed by atoms with Crippen molar-refractivity contribution in [2.75, 3.05) is 27.3 Å². The molecule has 0 saturated carbocycles. The van der Waals surface area contributed by atoms with Crippen LogP contribution in [0.15, 0.2) is 54.7 Å². The number of benzene rings is 2. The standard InChI is InChI=1S/C28H29ClN2O4S/c1-34-20-4-6-25-22(14-20)24(17-31(25)16-21-5-8-27(29)36-21)19-9-11-30(12-10-19)15-18-3-7-26(35-2)23(13-18)28(32)33/h3-8,13-14,17,19H,9-12,15-16H2,1-2H3,(H,32,33). The van der Waals surface area contributed by atoms with Crippen molar-refractivity contribution in [1.29, 1.82) is 0 Å². The van der Waals surface area contributed by atoms with E-state index < -0.39 is 5.97 Å². The minimum Gasteiger partial charge on any atom is -0.497 e. The van der Waals surface area contributed by atoms with Crippen LogP contribution in [0.1, 0.15) is 45.1 Å². The van der Waals surface area contributed by atoms with Gasteiger partial charge in [0, 0.05) is 28.5 Å². The smallest absolute Gasteiger partial charge is 0.339 e. The van der Waals surface area contributed by atoms with Gasteiger partial charge in [-0.05, 0) is 85.4 Å². The summed E-state index contributed by atoms with van der Waals surface area (Å²) in [6.45, 7) is 3.43. The average molecular weight is 525 g/mol. The summed E-state index contributed by atoms with van der Waals surface area (Å²) in [4.78, 5) is 15.2. The highest BCUT2D eigenvalue weighted by Crippen LogP contribution is 2.37. The normalized spacial score (nSPS) is 14.9. The Kier molecular flexibility index (Phi) is 7.23. The van der Waals surface area contributed by atoms with Gasteiger partial charge in [-0.1, -0.05) is 17.7 Å². The van der Waals surface area contributed by atoms with Crippen LogP contribution in [0.5, 0.6) is 11.5 Å². The van der Waals surface area contributed by atoms with Gasteiger partial charge in [-0.25, -0.2) is 4.79 Å². The van der Waals surface area contributed by atoms with Crippen LogP contribution >= 0.6 is 22.9 Å². The van der Waals surface area contributed by atoms with Crippen molar-refractivity contribution in [3.63, 3.8) is 0 Å². The van der Waals surface area contributed by atoms with Crippen LogP contribution in [0.2, 0.25) is 4.34 Å². The number of hydrogen-bond acceptors (Lipinski definition) is 5. The molecule has 0 radical (unpaired) electrons. The molecule has 1 fully saturated rings. The SMILES string of the molecule is COc1ccc2c(c1)c(C1CCN(Cc3ccc(OC)c(C(=O)O)c3)CC1)cn2Cc1ccc(Cl)s1. The number of thiophene rings is 1. The van der Waals surface area contributed by atoms with Crippen molar-refractivity contribution >= 4 is 39.8 Å². The maximum absolute atomic E-state index is 11.6. The molecule has 36 heavy (non-hydrogen) atoms. The summed E-state index contributed by atoms with van der Waals surface area (Å²) in [5.41, 5.74) is 3.77. The Hall–Kier alpha value is -3.00. The molecule has 8 heteroatoms. The number of aromatic carboxylic acids is 1. The highest BCUT2D eigenvalue weighted by Gasteiger charge is 2.25. The zero-order valence-electron chi connectivity index (χ0n) is 20.4. The molecule has 188 valence electrons. The van der Waals surface area contributed by atoms with Gasteiger partial charge in [0.15, 0.2) is 0 Å². The Labute approximate surface area is 219 Å². The van der Waals surface area contributed by atoms with Crippen LogP contribution in [0.25, 0.3) is 10.9 Å². The lowest BCUT2D eigenvalue weighted by Gasteiger charge is -2.32. The van der Waals surface area contributed by atoms with Gasteiger partial charge in [0.05, 0.1) is 25.1 Å². The molecular formula is C28H29ClN2O4S. The minimum atomic E-state index is -0.968. The van der Waals surface area contributed by atoms with Crippen LogP contribution in [-0.2, 0) is 13.1 Å². The van der Waals surface area contributed by atoms with Gasteiger partial charge >= 0.3 is 5.97 Å². The lowest BCUT2D eigenvalue weighted by Crippen LogP contribution is -2.32. The molecule has 0 spiro atoms. The Bertz CT molecular complexity index is 1390. The van der Waals surface area contributed by atoms with Gasteiger partial charge in [0.25, 0.3) is 0 Å². The molecule has 0 aliphatic carbocycles. The molecule has 1 saturated heterocycles. The zero-order chi connectivity index (χ0) is 25.2. The van der Waals surface area contributed by atoms with E-state index in [2.05, 4.69) is 33.9 Å². The van der Waals surface area contributed by atoms with E-state index in [4.69, 9.17) is 21.1 Å². The second kappa shape index (κ2) is 10.5. The van der Waals surface area contributed by atoms with E-state index in [1.54, 1.807) is 30.6 Å². The van der Waals surface area contributed by atoms with Crippen molar-refractivity contribution in [2.24, 2.45) is 0 Å². The molecule has 3 heterocycles. The monoisotopic (exact) mass is 524 g/mol. The van der Waals surface area contributed by atoms with E-state index >= 15 is 0 Å². The van der Waals surface area contributed by atoms with Crippen LogP contribution in [-0.4, -0.2) is 47.9 Å². The third-order valence-corrected chi connectivity index (χ3v) is 8.22. The number of hydrogen-bond donors (Lipinski definition) is 1. The molecule has 0 amide bonds. The molecule has 4 aromatic rings. The molecule has 0 bridgehead atoms. The lowest BCUT2D eigenvalue weighted by molar-refractivity contribution is 0.0693. The number of ether oxygens (including phenoxy) is 2. The van der Waals surface area contributed by atoms with E-state index in [9.17, 15) is 9.90 Å². The summed E-state index contributed by atoms with van der Waals surface area (Å²) in [5, 5.41) is 10.7. The average Bonchev–Trinajstić information content (AvgIpc) is 3.47. The van der Waals surface area contributed by atoms with E-state index in [-0.39, 0.29) is 5.56 Å². The molecule has 0 unspecified atom stereocenters. The first kappa shape index (κ1) is 24.7. The Balaban J connectivity index is 1.34. The fourth-order valence-electron chi connectivity index (χ4n) is 5.17. The van der Waals surface area contributed by atoms with Gasteiger partial charge in [-0.2, -0.15) is 0 Å². The number of likely N-dealkylation sites (tertiary alicyclic amines) is 1. The van der Waals surface area contributed by atoms with Crippen LogP contribution in [0, 0.1) is 0 Å². The van der Waals surface area contributed by atoms with Crippen molar-refractivity contribution in [3.05, 3.63) is 80.6 Å². The molecule has 2 aromatic heterocycles. The van der Waals surface area contributed by atoms with Crippen molar-refractivity contribution in [3.8, 4) is 11.5 Å². The maximum atomic E-state index is 11.6. The van der Waals surface area contributed by atoms with Gasteiger partial charge in [0.2, 0.25) is 0 Å². The number of carbonyl (C=O) groups is 1. The minimum absolute atomic E-state index is 0.207. The molecule has 6 nitrogen and oxygen atoms in total. The Morgan fingerprint density at radius 2 is 1.86 bits per heavy atom. The molecule has 1 N–H and O–H groups in total. The third-order valence-electron chi connectivity index (χ3n) is 7.00. The number of fused-ring (bicyclic) bond motifs is 1. The van der Waals surface area contributed by atoms with Gasteiger partial charge < -0.3 is 19.1 Å². The van der Waals surface area contributed by atoms with Crippen LogP contribution < -0.4 is 9.47 Å². The number of carboxylic acids is 1. The second-order valence-electron chi connectivity index (χ2n) is 9.19. The summed E-state index contributed by atoms with van der Waals surface area (Å²) in [5.74, 6) is 0.743. The van der Waals surface area contributed by atoms with Crippen molar-refractivity contribution in [1.82, 2.24) is 9.47 Å². The molecule has 5 rings (SSSR count). The summed E-state index contributed by atoms with van der Waals surface area (Å²) >= 11 is 7.79. The van der Waals surface area contributed by atoms with Crippen LogP contribution in [0.4, 0.5) is 0 Å². The zero-order valence-corrected chi connectivity index (χ0v) is 21.9. The third kappa shape index (κ3) is 5.09. The fourth-order valence-corrected chi connectivity index (χ4v) is 6.26. The number of methoxy groups -OCH3 is 2. The quantitative estimate of drug-likeness (QED) is 0.285. The van der Waals surface area contributed by atoms with Gasteiger partial charge in [0.1, 0.15) is 17.1 Å². The Morgan fingerprint density at radius 3 is 2.53 bits per heavy atom. The van der Waals surface area contributed by atoms with E-state index in [1.165, 1.54) is 28.5 Å². The first-order valence-electron chi connectivity index (χ1n) is 12.0.